The maximum Gasteiger partial charge on any atom is 0.310 e. The second-order valence-electron chi connectivity index (χ2n) is 6.18. The van der Waals surface area contributed by atoms with Gasteiger partial charge in [0.1, 0.15) is 0 Å². The van der Waals surface area contributed by atoms with Crippen LogP contribution >= 0.6 is 0 Å². The highest BCUT2D eigenvalue weighted by atomic mass is 16.5. The van der Waals surface area contributed by atoms with Gasteiger partial charge in [0.05, 0.1) is 18.6 Å². The van der Waals surface area contributed by atoms with Crippen LogP contribution in [0.2, 0.25) is 0 Å². The van der Waals surface area contributed by atoms with E-state index < -0.39 is 11.4 Å². The lowest BCUT2D eigenvalue weighted by atomic mass is 9.69. The van der Waals surface area contributed by atoms with Gasteiger partial charge < -0.3 is 9.84 Å². The summed E-state index contributed by atoms with van der Waals surface area (Å²) in [6.45, 7) is 7.32. The summed E-state index contributed by atoms with van der Waals surface area (Å²) >= 11 is 0. The van der Waals surface area contributed by atoms with Gasteiger partial charge >= 0.3 is 5.97 Å². The molecule has 2 rings (SSSR count). The molecule has 1 aliphatic heterocycles. The smallest absolute Gasteiger partial charge is 0.310 e. The highest BCUT2D eigenvalue weighted by Crippen LogP contribution is 2.40. The first-order valence-corrected chi connectivity index (χ1v) is 7.09. The van der Waals surface area contributed by atoms with Crippen molar-refractivity contribution in [2.45, 2.75) is 45.6 Å². The second-order valence-corrected chi connectivity index (χ2v) is 6.18. The van der Waals surface area contributed by atoms with Crippen LogP contribution in [0, 0.1) is 11.3 Å². The predicted molar refractivity (Wildman–Crippen MR) is 69.6 cm³/mol. The van der Waals surface area contributed by atoms with Gasteiger partial charge in [-0.25, -0.2) is 0 Å². The van der Waals surface area contributed by atoms with Crippen LogP contribution in [-0.2, 0) is 9.53 Å². The first-order valence-electron chi connectivity index (χ1n) is 7.09. The monoisotopic (exact) mass is 255 g/mol. The molecule has 0 spiro atoms. The van der Waals surface area contributed by atoms with E-state index in [9.17, 15) is 9.90 Å². The molecule has 1 N–H and O–H groups in total. The van der Waals surface area contributed by atoms with Gasteiger partial charge in [-0.3, -0.25) is 9.69 Å². The quantitative estimate of drug-likeness (QED) is 0.838. The molecule has 3 unspecified atom stereocenters. The van der Waals surface area contributed by atoms with Crippen molar-refractivity contribution in [3.05, 3.63) is 0 Å². The summed E-state index contributed by atoms with van der Waals surface area (Å²) in [4.78, 5) is 14.0. The third-order valence-corrected chi connectivity index (χ3v) is 4.56. The lowest BCUT2D eigenvalue weighted by molar-refractivity contribution is -0.155. The molecule has 0 aromatic carbocycles. The maximum atomic E-state index is 11.7. The summed E-state index contributed by atoms with van der Waals surface area (Å²) in [5.74, 6) is -0.0704. The summed E-state index contributed by atoms with van der Waals surface area (Å²) in [7, 11) is 0. The molecule has 2 fully saturated rings. The predicted octanol–water partition coefficient (Wildman–Crippen LogP) is 1.99. The standard InChI is InChI=1S/C14H25NO3/c1-11-4-3-5-14(8-11,13(16)17)10-15-6-7-18-9-12(15)2/h11-12H,3-10H2,1-2H3,(H,16,17). The highest BCUT2D eigenvalue weighted by molar-refractivity contribution is 5.75. The summed E-state index contributed by atoms with van der Waals surface area (Å²) in [5, 5.41) is 9.67. The number of nitrogens with zero attached hydrogens (tertiary/aromatic N) is 1. The van der Waals surface area contributed by atoms with E-state index in [0.29, 0.717) is 18.5 Å². The van der Waals surface area contributed by atoms with Crippen molar-refractivity contribution in [1.29, 1.82) is 0 Å². The molecule has 0 radical (unpaired) electrons. The highest BCUT2D eigenvalue weighted by Gasteiger charge is 2.44. The van der Waals surface area contributed by atoms with E-state index in [0.717, 1.165) is 39.0 Å². The topological polar surface area (TPSA) is 49.8 Å². The van der Waals surface area contributed by atoms with Crippen molar-refractivity contribution in [3.8, 4) is 0 Å². The Morgan fingerprint density at radius 3 is 2.89 bits per heavy atom. The van der Waals surface area contributed by atoms with E-state index in [4.69, 9.17) is 4.74 Å². The van der Waals surface area contributed by atoms with Gasteiger partial charge in [-0.15, -0.1) is 0 Å². The number of hydrogen-bond acceptors (Lipinski definition) is 3. The molecular weight excluding hydrogens is 230 g/mol. The number of rotatable bonds is 3. The van der Waals surface area contributed by atoms with Crippen molar-refractivity contribution in [3.63, 3.8) is 0 Å². The van der Waals surface area contributed by atoms with Crippen LogP contribution in [0.1, 0.15) is 39.5 Å². The zero-order valence-corrected chi connectivity index (χ0v) is 11.5. The average molecular weight is 255 g/mol. The fraction of sp³-hybridized carbons (Fsp3) is 0.929. The molecule has 0 bridgehead atoms. The molecule has 3 atom stereocenters. The number of carboxylic acids is 1. The Bertz CT molecular complexity index is 307. The molecule has 0 aromatic rings. The van der Waals surface area contributed by atoms with Crippen LogP contribution in [0.15, 0.2) is 0 Å². The Labute approximate surface area is 109 Å². The van der Waals surface area contributed by atoms with Crippen LogP contribution in [0.4, 0.5) is 0 Å². The lowest BCUT2D eigenvalue weighted by Crippen LogP contribution is -2.52. The Morgan fingerprint density at radius 2 is 2.28 bits per heavy atom. The molecule has 18 heavy (non-hydrogen) atoms. The van der Waals surface area contributed by atoms with E-state index >= 15 is 0 Å². The number of aliphatic carboxylic acids is 1. The van der Waals surface area contributed by atoms with Gasteiger partial charge in [0.2, 0.25) is 0 Å². The minimum atomic E-state index is -0.604. The molecule has 4 nitrogen and oxygen atoms in total. The third kappa shape index (κ3) is 2.86. The zero-order valence-electron chi connectivity index (χ0n) is 11.5. The van der Waals surface area contributed by atoms with Gasteiger partial charge in [-0.1, -0.05) is 19.8 Å². The zero-order chi connectivity index (χ0) is 13.2. The maximum absolute atomic E-state index is 11.7. The van der Waals surface area contributed by atoms with E-state index in [1.54, 1.807) is 0 Å². The van der Waals surface area contributed by atoms with Crippen molar-refractivity contribution < 1.29 is 14.6 Å². The minimum Gasteiger partial charge on any atom is -0.481 e. The summed E-state index contributed by atoms with van der Waals surface area (Å²) < 4.78 is 5.43. The van der Waals surface area contributed by atoms with Gasteiger partial charge in [0, 0.05) is 19.1 Å². The Kier molecular flexibility index (Phi) is 4.28. The molecule has 104 valence electrons. The van der Waals surface area contributed by atoms with Crippen LogP contribution in [0.3, 0.4) is 0 Å². The Morgan fingerprint density at radius 1 is 1.50 bits per heavy atom. The normalized spacial score (nSPS) is 38.6. The average Bonchev–Trinajstić information content (AvgIpc) is 2.32. The molecule has 1 saturated heterocycles. The van der Waals surface area contributed by atoms with Gasteiger partial charge in [-0.05, 0) is 25.7 Å². The SMILES string of the molecule is CC1CCCC(CN2CCOCC2C)(C(=O)O)C1. The first-order chi connectivity index (χ1) is 8.53. The molecule has 4 heteroatoms. The van der Waals surface area contributed by atoms with E-state index in [1.807, 2.05) is 0 Å². The summed E-state index contributed by atoms with van der Waals surface area (Å²) in [6, 6.07) is 0.340. The van der Waals surface area contributed by atoms with E-state index in [-0.39, 0.29) is 0 Å². The molecule has 0 aromatic heterocycles. The van der Waals surface area contributed by atoms with E-state index in [2.05, 4.69) is 18.7 Å². The van der Waals surface area contributed by atoms with Gasteiger partial charge in [0.15, 0.2) is 0 Å². The Balaban J connectivity index is 2.07. The van der Waals surface area contributed by atoms with Gasteiger partial charge in [0.25, 0.3) is 0 Å². The van der Waals surface area contributed by atoms with Crippen molar-refractivity contribution in [1.82, 2.24) is 4.90 Å². The molecular formula is C14H25NO3. The van der Waals surface area contributed by atoms with Crippen molar-refractivity contribution in [2.24, 2.45) is 11.3 Å². The molecule has 0 amide bonds. The number of carbonyl (C=O) groups is 1. The number of carboxylic acid groups (broad SMARTS) is 1. The summed E-state index contributed by atoms with van der Waals surface area (Å²) in [5.41, 5.74) is -0.525. The van der Waals surface area contributed by atoms with Gasteiger partial charge in [-0.2, -0.15) is 0 Å². The fourth-order valence-corrected chi connectivity index (χ4v) is 3.45. The largest absolute Gasteiger partial charge is 0.481 e. The Hall–Kier alpha value is -0.610. The number of morpholine rings is 1. The van der Waals surface area contributed by atoms with Crippen molar-refractivity contribution in [2.75, 3.05) is 26.3 Å². The molecule has 1 aliphatic carbocycles. The van der Waals surface area contributed by atoms with Crippen LogP contribution in [0.25, 0.3) is 0 Å². The molecule has 1 heterocycles. The van der Waals surface area contributed by atoms with Crippen LogP contribution in [0.5, 0.6) is 0 Å². The van der Waals surface area contributed by atoms with Crippen molar-refractivity contribution >= 4 is 5.97 Å². The molecule has 1 saturated carbocycles. The lowest BCUT2D eigenvalue weighted by Gasteiger charge is -2.43. The first kappa shape index (κ1) is 13.8. The van der Waals surface area contributed by atoms with Crippen LogP contribution in [-0.4, -0.2) is 48.3 Å². The third-order valence-electron chi connectivity index (χ3n) is 4.56. The molecule has 2 aliphatic rings. The second kappa shape index (κ2) is 5.57. The fourth-order valence-electron chi connectivity index (χ4n) is 3.45. The number of hydrogen-bond donors (Lipinski definition) is 1. The van der Waals surface area contributed by atoms with Crippen LogP contribution < -0.4 is 0 Å². The minimum absolute atomic E-state index is 0.340. The van der Waals surface area contributed by atoms with E-state index in [1.165, 1.54) is 6.42 Å². The summed E-state index contributed by atoms with van der Waals surface area (Å²) in [6.07, 6.45) is 3.88. The number of ether oxygens (including phenoxy) is 1.